The van der Waals surface area contributed by atoms with E-state index < -0.39 is 0 Å². The predicted octanol–water partition coefficient (Wildman–Crippen LogP) is 2.79. The van der Waals surface area contributed by atoms with E-state index in [0.29, 0.717) is 18.2 Å². The van der Waals surface area contributed by atoms with Crippen LogP contribution in [0.1, 0.15) is 48.7 Å². The Hall–Kier alpha value is -0.650. The van der Waals surface area contributed by atoms with E-state index in [-0.39, 0.29) is 24.4 Å². The molecule has 0 spiro atoms. The molecule has 0 amide bonds. The molecule has 0 radical (unpaired) electrons. The van der Waals surface area contributed by atoms with Gasteiger partial charge in [0.25, 0.3) is 0 Å². The molecule has 1 aromatic rings. The Balaban J connectivity index is 0.00000256. The molecule has 0 aromatic carbocycles. The summed E-state index contributed by atoms with van der Waals surface area (Å²) in [6.07, 6.45) is 0.871. The van der Waals surface area contributed by atoms with Crippen LogP contribution in [0.5, 0.6) is 0 Å². The number of hydrogen-bond donors (Lipinski definition) is 1. The summed E-state index contributed by atoms with van der Waals surface area (Å²) in [5.74, 6) is 0.145. The van der Waals surface area contributed by atoms with Crippen LogP contribution in [0.15, 0.2) is 5.38 Å². The van der Waals surface area contributed by atoms with E-state index in [0.717, 1.165) is 11.4 Å². The second kappa shape index (κ2) is 7.63. The molecule has 1 aromatic heterocycles. The summed E-state index contributed by atoms with van der Waals surface area (Å²) in [7, 11) is 0. The van der Waals surface area contributed by atoms with Gasteiger partial charge in [0.05, 0.1) is 12.6 Å². The van der Waals surface area contributed by atoms with Gasteiger partial charge in [-0.2, -0.15) is 0 Å². The summed E-state index contributed by atoms with van der Waals surface area (Å²) in [6.45, 7) is 6.36. The first kappa shape index (κ1) is 16.4. The molecule has 1 heterocycles. The number of nitrogens with two attached hydrogens (primary N) is 1. The monoisotopic (exact) mass is 278 g/mol. The number of rotatable bonds is 5. The highest BCUT2D eigenvalue weighted by Crippen LogP contribution is 2.22. The zero-order valence-electron chi connectivity index (χ0n) is 10.3. The summed E-state index contributed by atoms with van der Waals surface area (Å²) < 4.78 is 4.87. The summed E-state index contributed by atoms with van der Waals surface area (Å²) in [5.41, 5.74) is 6.34. The molecule has 98 valence electrons. The summed E-state index contributed by atoms with van der Waals surface area (Å²) in [6, 6.07) is -0.0897. The maximum absolute atomic E-state index is 11.4. The molecular formula is C11H19ClN2O2S. The Bertz CT molecular complexity index is 355. The van der Waals surface area contributed by atoms with E-state index in [4.69, 9.17) is 10.5 Å². The van der Waals surface area contributed by atoms with Crippen molar-refractivity contribution in [1.82, 2.24) is 4.98 Å². The van der Waals surface area contributed by atoms with E-state index in [1.54, 1.807) is 12.3 Å². The maximum atomic E-state index is 11.4. The van der Waals surface area contributed by atoms with Crippen molar-refractivity contribution in [3.8, 4) is 0 Å². The molecule has 0 fully saturated rings. The fraction of sp³-hybridized carbons (Fsp3) is 0.636. The maximum Gasteiger partial charge on any atom is 0.357 e. The molecule has 0 aliphatic rings. The lowest BCUT2D eigenvalue weighted by atomic mass is 10.1. The van der Waals surface area contributed by atoms with Crippen LogP contribution in [0.2, 0.25) is 0 Å². The van der Waals surface area contributed by atoms with Gasteiger partial charge in [-0.25, -0.2) is 9.78 Å². The first-order valence-corrected chi connectivity index (χ1v) is 6.30. The van der Waals surface area contributed by atoms with Crippen LogP contribution < -0.4 is 5.73 Å². The van der Waals surface area contributed by atoms with Gasteiger partial charge < -0.3 is 10.5 Å². The van der Waals surface area contributed by atoms with E-state index in [1.165, 1.54) is 11.3 Å². The van der Waals surface area contributed by atoms with Crippen LogP contribution in [-0.4, -0.2) is 17.6 Å². The van der Waals surface area contributed by atoms with Crippen molar-refractivity contribution in [1.29, 1.82) is 0 Å². The van der Waals surface area contributed by atoms with Crippen molar-refractivity contribution >= 4 is 29.7 Å². The van der Waals surface area contributed by atoms with Crippen molar-refractivity contribution in [3.63, 3.8) is 0 Å². The van der Waals surface area contributed by atoms with Gasteiger partial charge in [0.15, 0.2) is 5.69 Å². The van der Waals surface area contributed by atoms with E-state index >= 15 is 0 Å². The molecular weight excluding hydrogens is 260 g/mol. The molecule has 0 aliphatic carbocycles. The molecule has 0 saturated carbocycles. The number of hydrogen-bond acceptors (Lipinski definition) is 5. The Morgan fingerprint density at radius 2 is 2.24 bits per heavy atom. The number of aromatic nitrogens is 1. The highest BCUT2D eigenvalue weighted by molar-refractivity contribution is 7.09. The third-order valence-electron chi connectivity index (χ3n) is 2.05. The molecule has 1 rings (SSSR count). The first-order chi connectivity index (χ1) is 7.54. The standard InChI is InChI=1S/C11H18N2O2S.ClH/c1-4-15-11(14)9-6-16-10(13-9)8(12)5-7(2)3;/h6-8H,4-5,12H2,1-3H3;1H/t8-;/m1./s1. The number of esters is 1. The van der Waals surface area contributed by atoms with Crippen LogP contribution in [0, 0.1) is 5.92 Å². The predicted molar refractivity (Wildman–Crippen MR) is 71.7 cm³/mol. The Kier molecular flexibility index (Phi) is 7.34. The lowest BCUT2D eigenvalue weighted by Crippen LogP contribution is -2.13. The lowest BCUT2D eigenvalue weighted by molar-refractivity contribution is 0.0520. The number of nitrogens with zero attached hydrogens (tertiary/aromatic N) is 1. The highest BCUT2D eigenvalue weighted by Gasteiger charge is 2.16. The van der Waals surface area contributed by atoms with Crippen molar-refractivity contribution in [2.75, 3.05) is 6.61 Å². The minimum absolute atomic E-state index is 0. The largest absolute Gasteiger partial charge is 0.461 e. The van der Waals surface area contributed by atoms with Crippen LogP contribution in [-0.2, 0) is 4.74 Å². The smallest absolute Gasteiger partial charge is 0.357 e. The zero-order valence-corrected chi connectivity index (χ0v) is 11.9. The Labute approximate surface area is 112 Å². The molecule has 1 atom stereocenters. The number of thiazole rings is 1. The van der Waals surface area contributed by atoms with Crippen molar-refractivity contribution < 1.29 is 9.53 Å². The van der Waals surface area contributed by atoms with E-state index in [1.807, 2.05) is 0 Å². The topological polar surface area (TPSA) is 65.2 Å². The molecule has 0 bridgehead atoms. The quantitative estimate of drug-likeness (QED) is 0.841. The molecule has 0 unspecified atom stereocenters. The first-order valence-electron chi connectivity index (χ1n) is 5.42. The Morgan fingerprint density at radius 1 is 1.59 bits per heavy atom. The van der Waals surface area contributed by atoms with Gasteiger partial charge in [-0.15, -0.1) is 23.7 Å². The number of halogens is 1. The Morgan fingerprint density at radius 3 is 2.76 bits per heavy atom. The van der Waals surface area contributed by atoms with Crippen molar-refractivity contribution in [3.05, 3.63) is 16.1 Å². The van der Waals surface area contributed by atoms with E-state index in [2.05, 4.69) is 18.8 Å². The summed E-state index contributed by atoms with van der Waals surface area (Å²) in [5, 5.41) is 2.50. The van der Waals surface area contributed by atoms with Crippen LogP contribution in [0.3, 0.4) is 0 Å². The second-order valence-electron chi connectivity index (χ2n) is 4.03. The van der Waals surface area contributed by atoms with Gasteiger partial charge in [0.1, 0.15) is 5.01 Å². The minimum Gasteiger partial charge on any atom is -0.461 e. The zero-order chi connectivity index (χ0) is 12.1. The molecule has 0 aliphatic heterocycles. The third kappa shape index (κ3) is 5.02. The molecule has 0 saturated heterocycles. The third-order valence-corrected chi connectivity index (χ3v) is 3.03. The van der Waals surface area contributed by atoms with Gasteiger partial charge >= 0.3 is 5.97 Å². The molecule has 17 heavy (non-hydrogen) atoms. The summed E-state index contributed by atoms with van der Waals surface area (Å²) >= 11 is 1.42. The van der Waals surface area contributed by atoms with E-state index in [9.17, 15) is 4.79 Å². The highest BCUT2D eigenvalue weighted by atomic mass is 35.5. The van der Waals surface area contributed by atoms with Gasteiger partial charge in [-0.05, 0) is 19.3 Å². The molecule has 6 heteroatoms. The minimum atomic E-state index is -0.373. The second-order valence-corrected chi connectivity index (χ2v) is 4.92. The van der Waals surface area contributed by atoms with Crippen molar-refractivity contribution in [2.45, 2.75) is 33.2 Å². The fourth-order valence-corrected chi connectivity index (χ4v) is 2.17. The SMILES string of the molecule is CCOC(=O)c1csc([C@H](N)CC(C)C)n1.Cl. The van der Waals surface area contributed by atoms with Crippen LogP contribution >= 0.6 is 23.7 Å². The van der Waals surface area contributed by atoms with Crippen molar-refractivity contribution in [2.24, 2.45) is 11.7 Å². The lowest BCUT2D eigenvalue weighted by Gasteiger charge is -2.10. The van der Waals surface area contributed by atoms with Gasteiger partial charge in [0.2, 0.25) is 0 Å². The molecule has 4 nitrogen and oxygen atoms in total. The normalized spacial score (nSPS) is 12.1. The average Bonchev–Trinajstić information content (AvgIpc) is 2.65. The summed E-state index contributed by atoms with van der Waals surface area (Å²) in [4.78, 5) is 15.6. The van der Waals surface area contributed by atoms with Crippen LogP contribution in [0.25, 0.3) is 0 Å². The van der Waals surface area contributed by atoms with Gasteiger partial charge in [0, 0.05) is 5.38 Å². The number of carbonyl (C=O) groups excluding carboxylic acids is 1. The number of ether oxygens (including phenoxy) is 1. The average molecular weight is 279 g/mol. The molecule has 2 N–H and O–H groups in total. The number of carbonyl (C=O) groups is 1. The fourth-order valence-electron chi connectivity index (χ4n) is 1.37. The van der Waals surface area contributed by atoms with Crippen LogP contribution in [0.4, 0.5) is 0 Å². The van der Waals surface area contributed by atoms with Gasteiger partial charge in [-0.1, -0.05) is 13.8 Å². The van der Waals surface area contributed by atoms with Gasteiger partial charge in [-0.3, -0.25) is 0 Å².